The minimum Gasteiger partial charge on any atom is -0.475 e. The van der Waals surface area contributed by atoms with Crippen molar-refractivity contribution in [2.75, 3.05) is 50.7 Å². The molecular weight excluding hydrogens is 546 g/mol. The van der Waals surface area contributed by atoms with Crippen LogP contribution in [-0.2, 0) is 14.3 Å². The number of amides is 2. The molecule has 4 rings (SSSR count). The highest BCUT2D eigenvalue weighted by molar-refractivity contribution is 6.11. The largest absolute Gasteiger partial charge is 0.475 e. The SMILES string of the molecule is COCCOc1ccc(-c2cc(NC(=O)C3C=NC(=O)C=C3C(F)(F)F)c(N3C[C@@H](C)N(C)[C@@H](C)C3)cc2F)cn1. The Bertz CT molecular complexity index is 1330. The molecule has 2 aliphatic heterocycles. The van der Waals surface area contributed by atoms with Gasteiger partial charge >= 0.3 is 6.18 Å². The predicted octanol–water partition coefficient (Wildman–Crippen LogP) is 4.10. The summed E-state index contributed by atoms with van der Waals surface area (Å²) in [5, 5.41) is 2.56. The molecule has 0 bridgehead atoms. The molecule has 9 nitrogen and oxygen atoms in total. The Balaban J connectivity index is 1.72. The van der Waals surface area contributed by atoms with Gasteiger partial charge in [0.25, 0.3) is 5.91 Å². The van der Waals surface area contributed by atoms with Crippen molar-refractivity contribution in [3.05, 3.63) is 47.9 Å². The molecule has 220 valence electrons. The number of anilines is 2. The number of halogens is 4. The number of likely N-dealkylation sites (N-methyl/N-ethyl adjacent to an activating group) is 1. The highest BCUT2D eigenvalue weighted by atomic mass is 19.4. The first-order chi connectivity index (χ1) is 19.4. The summed E-state index contributed by atoms with van der Waals surface area (Å²) in [5.74, 6) is -4.32. The van der Waals surface area contributed by atoms with Crippen LogP contribution in [0.2, 0.25) is 0 Å². The third-order valence-corrected chi connectivity index (χ3v) is 7.20. The van der Waals surface area contributed by atoms with Gasteiger partial charge < -0.3 is 19.7 Å². The van der Waals surface area contributed by atoms with Gasteiger partial charge in [-0.05, 0) is 39.1 Å². The lowest BCUT2D eigenvalue weighted by atomic mass is 9.95. The monoisotopic (exact) mass is 577 g/mol. The van der Waals surface area contributed by atoms with Crippen molar-refractivity contribution in [3.63, 3.8) is 0 Å². The van der Waals surface area contributed by atoms with Gasteiger partial charge in [0, 0.05) is 68.0 Å². The van der Waals surface area contributed by atoms with Crippen molar-refractivity contribution in [1.82, 2.24) is 9.88 Å². The zero-order valence-corrected chi connectivity index (χ0v) is 23.0. The van der Waals surface area contributed by atoms with Gasteiger partial charge in [0.05, 0.1) is 23.6 Å². The summed E-state index contributed by atoms with van der Waals surface area (Å²) in [6.45, 7) is 5.62. The molecule has 1 saturated heterocycles. The summed E-state index contributed by atoms with van der Waals surface area (Å²) in [7, 11) is 3.51. The average Bonchev–Trinajstić information content (AvgIpc) is 2.92. The number of pyridine rings is 1. The lowest BCUT2D eigenvalue weighted by molar-refractivity contribution is -0.124. The van der Waals surface area contributed by atoms with Crippen LogP contribution in [0.5, 0.6) is 5.88 Å². The molecule has 1 aromatic carbocycles. The fraction of sp³-hybridized carbons (Fsp3) is 0.429. The number of piperazine rings is 1. The van der Waals surface area contributed by atoms with E-state index >= 15 is 4.39 Å². The van der Waals surface area contributed by atoms with Crippen LogP contribution in [0.15, 0.2) is 47.1 Å². The summed E-state index contributed by atoms with van der Waals surface area (Å²) < 4.78 is 67.0. The number of aromatic nitrogens is 1. The van der Waals surface area contributed by atoms with E-state index < -0.39 is 35.3 Å². The Kier molecular flexibility index (Phi) is 9.08. The van der Waals surface area contributed by atoms with Gasteiger partial charge in [-0.25, -0.2) is 14.4 Å². The number of methoxy groups -OCH3 is 1. The number of nitrogens with one attached hydrogen (secondary N) is 1. The van der Waals surface area contributed by atoms with Crippen LogP contribution < -0.4 is 15.0 Å². The molecule has 1 aromatic heterocycles. The molecule has 1 fully saturated rings. The molecule has 2 aliphatic rings. The number of nitrogens with zero attached hydrogens (tertiary/aromatic N) is 4. The normalized spacial score (nSPS) is 21.6. The maximum absolute atomic E-state index is 15.6. The van der Waals surface area contributed by atoms with Gasteiger partial charge in [0.1, 0.15) is 18.3 Å². The van der Waals surface area contributed by atoms with E-state index in [1.165, 1.54) is 25.4 Å². The Hall–Kier alpha value is -3.84. The zero-order chi connectivity index (χ0) is 29.9. The van der Waals surface area contributed by atoms with E-state index in [0.29, 0.717) is 49.1 Å². The highest BCUT2D eigenvalue weighted by Crippen LogP contribution is 2.38. The number of carbonyl (C=O) groups excluding carboxylic acids is 2. The van der Waals surface area contributed by atoms with Crippen molar-refractivity contribution in [2.24, 2.45) is 10.9 Å². The van der Waals surface area contributed by atoms with Crippen LogP contribution in [0.1, 0.15) is 13.8 Å². The second kappa shape index (κ2) is 12.4. The van der Waals surface area contributed by atoms with Crippen molar-refractivity contribution in [1.29, 1.82) is 0 Å². The molecule has 2 amide bonds. The van der Waals surface area contributed by atoms with Crippen LogP contribution >= 0.6 is 0 Å². The number of carbonyl (C=O) groups is 2. The Morgan fingerprint density at radius 1 is 1.15 bits per heavy atom. The molecule has 2 aromatic rings. The number of rotatable bonds is 8. The molecule has 1 N–H and O–H groups in total. The van der Waals surface area contributed by atoms with Gasteiger partial charge in [-0.3, -0.25) is 14.5 Å². The van der Waals surface area contributed by atoms with Crippen LogP contribution in [0.25, 0.3) is 11.1 Å². The molecule has 13 heteroatoms. The summed E-state index contributed by atoms with van der Waals surface area (Å²) in [6.07, 6.45) is -2.54. The first kappa shape index (κ1) is 30.1. The van der Waals surface area contributed by atoms with Gasteiger partial charge in [0.15, 0.2) is 0 Å². The number of benzene rings is 1. The minimum atomic E-state index is -4.93. The maximum Gasteiger partial charge on any atom is 0.414 e. The van der Waals surface area contributed by atoms with Gasteiger partial charge in [-0.1, -0.05) is 0 Å². The van der Waals surface area contributed by atoms with Crippen molar-refractivity contribution >= 4 is 29.4 Å². The van der Waals surface area contributed by atoms with E-state index in [1.807, 2.05) is 25.8 Å². The second-order valence-corrected chi connectivity index (χ2v) is 10.0. The summed E-state index contributed by atoms with van der Waals surface area (Å²) in [5.41, 5.74) is -0.449. The zero-order valence-electron chi connectivity index (χ0n) is 23.0. The standard InChI is InChI=1S/C28H31F4N5O4/c1-16-14-37(15-17(2)36(16)3)24-11-22(29)19(18-5-6-26(34-12-18)41-8-7-40-4)9-23(24)35-27(39)20-13-33-25(38)10-21(20)28(30,31)32/h5-6,9-13,16-17,20H,7-8,14-15H2,1-4H3,(H,35,39)/t16-,17+,20?. The molecule has 0 aliphatic carbocycles. The number of alkyl halides is 3. The minimum absolute atomic E-state index is 0.0780. The fourth-order valence-corrected chi connectivity index (χ4v) is 4.77. The van der Waals surface area contributed by atoms with Crippen molar-refractivity contribution in [2.45, 2.75) is 32.1 Å². The molecular formula is C28H31F4N5O4. The van der Waals surface area contributed by atoms with E-state index in [1.54, 1.807) is 12.1 Å². The van der Waals surface area contributed by atoms with E-state index in [4.69, 9.17) is 9.47 Å². The predicted molar refractivity (Wildman–Crippen MR) is 146 cm³/mol. The highest BCUT2D eigenvalue weighted by Gasteiger charge is 2.43. The van der Waals surface area contributed by atoms with Crippen LogP contribution in [-0.4, -0.2) is 86.6 Å². The fourth-order valence-electron chi connectivity index (χ4n) is 4.77. The van der Waals surface area contributed by atoms with Crippen LogP contribution in [0, 0.1) is 11.7 Å². The first-order valence-corrected chi connectivity index (χ1v) is 13.0. The van der Waals surface area contributed by atoms with Crippen LogP contribution in [0.4, 0.5) is 28.9 Å². The van der Waals surface area contributed by atoms with Gasteiger partial charge in [-0.2, -0.15) is 13.2 Å². The lowest BCUT2D eigenvalue weighted by Gasteiger charge is -2.44. The quantitative estimate of drug-likeness (QED) is 0.373. The summed E-state index contributed by atoms with van der Waals surface area (Å²) in [4.78, 5) is 36.4. The smallest absolute Gasteiger partial charge is 0.414 e. The lowest BCUT2D eigenvalue weighted by Crippen LogP contribution is -2.55. The Morgan fingerprint density at radius 2 is 1.85 bits per heavy atom. The number of dihydropyridines is 1. The van der Waals surface area contributed by atoms with E-state index in [2.05, 4.69) is 20.2 Å². The Morgan fingerprint density at radius 3 is 2.46 bits per heavy atom. The molecule has 3 atom stereocenters. The molecule has 3 heterocycles. The molecule has 0 saturated carbocycles. The second-order valence-electron chi connectivity index (χ2n) is 10.0. The van der Waals surface area contributed by atoms with Gasteiger partial charge in [0.2, 0.25) is 11.8 Å². The number of ether oxygens (including phenoxy) is 2. The molecule has 1 unspecified atom stereocenters. The maximum atomic E-state index is 15.6. The molecule has 0 spiro atoms. The van der Waals surface area contributed by atoms with Crippen molar-refractivity contribution in [3.8, 4) is 17.0 Å². The van der Waals surface area contributed by atoms with Crippen LogP contribution in [0.3, 0.4) is 0 Å². The first-order valence-electron chi connectivity index (χ1n) is 13.0. The average molecular weight is 578 g/mol. The topological polar surface area (TPSA) is 96.4 Å². The van der Waals surface area contributed by atoms with Crippen molar-refractivity contribution < 1.29 is 36.6 Å². The van der Waals surface area contributed by atoms with E-state index in [9.17, 15) is 22.8 Å². The number of aliphatic imine (C=N–C) groups is 1. The number of hydrogen-bond acceptors (Lipinski definition) is 7. The molecule has 41 heavy (non-hydrogen) atoms. The Labute approximate surface area is 234 Å². The van der Waals surface area contributed by atoms with E-state index in [-0.39, 0.29) is 29.9 Å². The molecule has 0 radical (unpaired) electrons. The summed E-state index contributed by atoms with van der Waals surface area (Å²) >= 11 is 0. The third kappa shape index (κ3) is 6.91. The third-order valence-electron chi connectivity index (χ3n) is 7.20. The summed E-state index contributed by atoms with van der Waals surface area (Å²) in [6, 6.07) is 5.93. The van der Waals surface area contributed by atoms with E-state index in [0.717, 1.165) is 0 Å². The van der Waals surface area contributed by atoms with Gasteiger partial charge in [-0.15, -0.1) is 0 Å². The number of hydrogen-bond donors (Lipinski definition) is 1.